The first-order valence-electron chi connectivity index (χ1n) is 4.03. The standard InChI is InChI=1S/C8H14BrN3S/c9-8(11,12)3-1-7(10)6-2-4-13-5-6/h2,4-5,7H,1,3,10-12H2. The molecule has 1 unspecified atom stereocenters. The summed E-state index contributed by atoms with van der Waals surface area (Å²) in [6.07, 6.45) is 1.44. The van der Waals surface area contributed by atoms with Crippen LogP contribution in [0.25, 0.3) is 0 Å². The smallest absolute Gasteiger partial charge is 0.121 e. The van der Waals surface area contributed by atoms with E-state index in [-0.39, 0.29) is 6.04 Å². The first kappa shape index (κ1) is 11.1. The molecule has 6 N–H and O–H groups in total. The Morgan fingerprint density at radius 1 is 1.54 bits per heavy atom. The van der Waals surface area contributed by atoms with Crippen LogP contribution in [0.3, 0.4) is 0 Å². The van der Waals surface area contributed by atoms with Gasteiger partial charge in [-0.25, -0.2) is 0 Å². The topological polar surface area (TPSA) is 78.1 Å². The van der Waals surface area contributed by atoms with Gasteiger partial charge in [0.1, 0.15) is 4.57 Å². The Labute approximate surface area is 90.4 Å². The van der Waals surface area contributed by atoms with Crippen LogP contribution in [-0.4, -0.2) is 4.57 Å². The SMILES string of the molecule is NC(CCC(N)(N)Br)c1ccsc1. The van der Waals surface area contributed by atoms with Crippen LogP contribution in [-0.2, 0) is 0 Å². The monoisotopic (exact) mass is 263 g/mol. The number of thiophene rings is 1. The third-order valence-electron chi connectivity index (χ3n) is 1.81. The fourth-order valence-corrected chi connectivity index (χ4v) is 1.98. The van der Waals surface area contributed by atoms with E-state index in [1.165, 1.54) is 0 Å². The number of hydrogen-bond acceptors (Lipinski definition) is 4. The minimum Gasteiger partial charge on any atom is -0.324 e. The molecule has 13 heavy (non-hydrogen) atoms. The highest BCUT2D eigenvalue weighted by Crippen LogP contribution is 2.21. The molecular formula is C8H14BrN3S. The van der Waals surface area contributed by atoms with Gasteiger partial charge in [-0.05, 0) is 35.2 Å². The molecule has 1 aromatic heterocycles. The molecule has 0 bridgehead atoms. The average molecular weight is 264 g/mol. The van der Waals surface area contributed by atoms with Crippen LogP contribution in [0, 0.1) is 0 Å². The molecule has 0 radical (unpaired) electrons. The summed E-state index contributed by atoms with van der Waals surface area (Å²) >= 11 is 4.82. The average Bonchev–Trinajstić information content (AvgIpc) is 2.50. The summed E-state index contributed by atoms with van der Waals surface area (Å²) in [5, 5.41) is 4.06. The molecule has 0 aromatic carbocycles. The van der Waals surface area contributed by atoms with Gasteiger partial charge in [-0.1, -0.05) is 15.9 Å². The molecule has 3 nitrogen and oxygen atoms in total. The lowest BCUT2D eigenvalue weighted by molar-refractivity contribution is 0.518. The first-order valence-corrected chi connectivity index (χ1v) is 5.77. The Morgan fingerprint density at radius 2 is 2.23 bits per heavy atom. The molecule has 1 aromatic rings. The maximum Gasteiger partial charge on any atom is 0.121 e. The Bertz CT molecular complexity index is 242. The second-order valence-electron chi connectivity index (χ2n) is 3.13. The van der Waals surface area contributed by atoms with E-state index in [0.29, 0.717) is 6.42 Å². The van der Waals surface area contributed by atoms with Crippen LogP contribution >= 0.6 is 27.3 Å². The number of rotatable bonds is 4. The van der Waals surface area contributed by atoms with Gasteiger partial charge in [-0.3, -0.25) is 0 Å². The summed E-state index contributed by atoms with van der Waals surface area (Å²) in [7, 11) is 0. The van der Waals surface area contributed by atoms with Gasteiger partial charge in [0, 0.05) is 6.04 Å². The van der Waals surface area contributed by atoms with Gasteiger partial charge in [-0.15, -0.1) is 0 Å². The van der Waals surface area contributed by atoms with E-state index in [2.05, 4.69) is 15.9 Å². The molecule has 1 atom stereocenters. The van der Waals surface area contributed by atoms with Crippen molar-refractivity contribution in [3.63, 3.8) is 0 Å². The minimum atomic E-state index is -0.791. The van der Waals surface area contributed by atoms with E-state index in [9.17, 15) is 0 Å². The largest absolute Gasteiger partial charge is 0.324 e. The molecular weight excluding hydrogens is 250 g/mol. The molecule has 0 saturated carbocycles. The van der Waals surface area contributed by atoms with Crippen molar-refractivity contribution in [2.45, 2.75) is 23.5 Å². The lowest BCUT2D eigenvalue weighted by Gasteiger charge is -2.18. The second-order valence-corrected chi connectivity index (χ2v) is 5.39. The fraction of sp³-hybridized carbons (Fsp3) is 0.500. The summed E-state index contributed by atoms with van der Waals surface area (Å²) in [5.74, 6) is 0. The first-order chi connectivity index (χ1) is 5.99. The number of nitrogens with two attached hydrogens (primary N) is 3. The highest BCUT2D eigenvalue weighted by molar-refractivity contribution is 9.10. The van der Waals surface area contributed by atoms with Crippen molar-refractivity contribution in [2.24, 2.45) is 17.2 Å². The molecule has 0 saturated heterocycles. The Balaban J connectivity index is 2.39. The van der Waals surface area contributed by atoms with Gasteiger partial charge in [0.25, 0.3) is 0 Å². The van der Waals surface area contributed by atoms with Crippen LogP contribution in [0.5, 0.6) is 0 Å². The maximum atomic E-state index is 5.92. The fourth-order valence-electron chi connectivity index (χ4n) is 1.03. The molecule has 0 fully saturated rings. The van der Waals surface area contributed by atoms with E-state index < -0.39 is 4.57 Å². The van der Waals surface area contributed by atoms with Crippen molar-refractivity contribution in [3.8, 4) is 0 Å². The molecule has 1 rings (SSSR count). The van der Waals surface area contributed by atoms with Gasteiger partial charge in [0.2, 0.25) is 0 Å². The van der Waals surface area contributed by atoms with Gasteiger partial charge in [0.05, 0.1) is 0 Å². The summed E-state index contributed by atoms with van der Waals surface area (Å²) in [6.45, 7) is 0. The van der Waals surface area contributed by atoms with Crippen molar-refractivity contribution < 1.29 is 0 Å². The molecule has 0 spiro atoms. The van der Waals surface area contributed by atoms with Crippen molar-refractivity contribution in [1.29, 1.82) is 0 Å². The number of hydrogen-bond donors (Lipinski definition) is 3. The van der Waals surface area contributed by atoms with E-state index in [0.717, 1.165) is 12.0 Å². The molecule has 0 aliphatic carbocycles. The third-order valence-corrected chi connectivity index (χ3v) is 2.91. The molecule has 0 aliphatic heterocycles. The van der Waals surface area contributed by atoms with E-state index in [1.807, 2.05) is 16.8 Å². The maximum absolute atomic E-state index is 5.92. The lowest BCUT2D eigenvalue weighted by atomic mass is 10.1. The zero-order valence-corrected chi connectivity index (χ0v) is 9.64. The van der Waals surface area contributed by atoms with Crippen LogP contribution in [0.2, 0.25) is 0 Å². The van der Waals surface area contributed by atoms with Crippen LogP contribution in [0.15, 0.2) is 16.8 Å². The van der Waals surface area contributed by atoms with Gasteiger partial charge in [-0.2, -0.15) is 11.3 Å². The Kier molecular flexibility index (Phi) is 3.87. The van der Waals surface area contributed by atoms with Crippen LogP contribution in [0.1, 0.15) is 24.4 Å². The van der Waals surface area contributed by atoms with Crippen molar-refractivity contribution in [3.05, 3.63) is 22.4 Å². The molecule has 1 heterocycles. The quantitative estimate of drug-likeness (QED) is 0.438. The lowest BCUT2D eigenvalue weighted by Crippen LogP contribution is -2.43. The Hall–Kier alpha value is 0.0600. The van der Waals surface area contributed by atoms with Crippen LogP contribution < -0.4 is 17.2 Å². The van der Waals surface area contributed by atoms with E-state index in [4.69, 9.17) is 17.2 Å². The summed E-state index contributed by atoms with van der Waals surface area (Å²) in [6, 6.07) is 2.06. The third kappa shape index (κ3) is 4.19. The predicted octanol–water partition coefficient (Wildman–Crippen LogP) is 1.49. The second kappa shape index (κ2) is 4.52. The van der Waals surface area contributed by atoms with E-state index >= 15 is 0 Å². The molecule has 74 valence electrons. The van der Waals surface area contributed by atoms with Crippen molar-refractivity contribution in [1.82, 2.24) is 0 Å². The zero-order valence-electron chi connectivity index (χ0n) is 7.24. The van der Waals surface area contributed by atoms with Gasteiger partial charge in [0.15, 0.2) is 0 Å². The molecule has 5 heteroatoms. The number of alkyl halides is 1. The predicted molar refractivity (Wildman–Crippen MR) is 60.5 cm³/mol. The van der Waals surface area contributed by atoms with E-state index in [1.54, 1.807) is 11.3 Å². The highest BCUT2D eigenvalue weighted by Gasteiger charge is 2.16. The molecule has 0 aliphatic rings. The summed E-state index contributed by atoms with van der Waals surface area (Å²) in [5.41, 5.74) is 18.2. The Morgan fingerprint density at radius 3 is 2.69 bits per heavy atom. The summed E-state index contributed by atoms with van der Waals surface area (Å²) in [4.78, 5) is 0. The minimum absolute atomic E-state index is 0.0373. The number of halogens is 1. The zero-order chi connectivity index (χ0) is 9.90. The van der Waals surface area contributed by atoms with Gasteiger partial charge < -0.3 is 17.2 Å². The highest BCUT2D eigenvalue weighted by atomic mass is 79.9. The van der Waals surface area contributed by atoms with Crippen LogP contribution in [0.4, 0.5) is 0 Å². The van der Waals surface area contributed by atoms with Crippen molar-refractivity contribution in [2.75, 3.05) is 0 Å². The normalized spacial score (nSPS) is 14.5. The summed E-state index contributed by atoms with van der Waals surface area (Å²) < 4.78 is -0.791. The van der Waals surface area contributed by atoms with Crippen molar-refractivity contribution >= 4 is 27.3 Å². The van der Waals surface area contributed by atoms with Gasteiger partial charge >= 0.3 is 0 Å². The molecule has 0 amide bonds.